The lowest BCUT2D eigenvalue weighted by atomic mass is 9.94. The van der Waals surface area contributed by atoms with Crippen LogP contribution in [-0.4, -0.2) is 78.7 Å². The third kappa shape index (κ3) is 5.97. The second-order valence-electron chi connectivity index (χ2n) is 10.5. The number of hydrogen-bond donors (Lipinski definition) is 1. The lowest BCUT2D eigenvalue weighted by molar-refractivity contribution is -0.140. The molecule has 5 rings (SSSR count). The number of benzene rings is 2. The minimum atomic E-state index is -0.678. The van der Waals surface area contributed by atoms with Crippen LogP contribution in [0.15, 0.2) is 48.0 Å². The number of carbonyl (C=O) groups excluding carboxylic acids is 2. The van der Waals surface area contributed by atoms with Gasteiger partial charge >= 0.3 is 0 Å². The Morgan fingerprint density at radius 2 is 1.82 bits per heavy atom. The molecule has 0 bridgehead atoms. The van der Waals surface area contributed by atoms with E-state index in [0.717, 1.165) is 67.9 Å². The van der Waals surface area contributed by atoms with E-state index < -0.39 is 17.7 Å². The maximum atomic E-state index is 13.4. The van der Waals surface area contributed by atoms with E-state index in [1.807, 2.05) is 43.3 Å². The summed E-state index contributed by atoms with van der Waals surface area (Å²) in [7, 11) is 0. The fourth-order valence-electron chi connectivity index (χ4n) is 5.55. The number of rotatable bonds is 10. The number of nitrogens with zero attached hydrogens (tertiary/aromatic N) is 2. The highest BCUT2D eigenvalue weighted by Crippen LogP contribution is 2.41. The van der Waals surface area contributed by atoms with Crippen molar-refractivity contribution in [3.63, 3.8) is 0 Å². The van der Waals surface area contributed by atoms with Gasteiger partial charge in [0.2, 0.25) is 0 Å². The third-order valence-corrected chi connectivity index (χ3v) is 7.65. The van der Waals surface area contributed by atoms with E-state index in [0.29, 0.717) is 31.9 Å². The van der Waals surface area contributed by atoms with Crippen molar-refractivity contribution in [2.24, 2.45) is 0 Å². The Kier molecular flexibility index (Phi) is 8.53. The van der Waals surface area contributed by atoms with E-state index >= 15 is 0 Å². The zero-order valence-corrected chi connectivity index (χ0v) is 22.9. The first kappa shape index (κ1) is 27.2. The molecule has 1 N–H and O–H groups in total. The molecule has 3 aliphatic rings. The van der Waals surface area contributed by atoms with Gasteiger partial charge in [0.1, 0.15) is 23.4 Å². The van der Waals surface area contributed by atoms with Gasteiger partial charge in [-0.2, -0.15) is 0 Å². The highest BCUT2D eigenvalue weighted by molar-refractivity contribution is 6.46. The Hall–Kier alpha value is -3.36. The SMILES string of the molecule is CCCCOc1ccc([C@@H]2C(=C(O)c3ccc4c(c3)C[C@H](C)O4)C(=O)C(=O)N2CCCN2CCOCC2)cc1. The Bertz CT molecular complexity index is 1220. The molecule has 0 radical (unpaired) electrons. The molecule has 39 heavy (non-hydrogen) atoms. The number of ether oxygens (including phenoxy) is 3. The second-order valence-corrected chi connectivity index (χ2v) is 10.5. The molecule has 1 amide bonds. The summed E-state index contributed by atoms with van der Waals surface area (Å²) in [6.07, 6.45) is 3.53. The van der Waals surface area contributed by atoms with Crippen molar-refractivity contribution in [1.82, 2.24) is 9.80 Å². The molecule has 8 heteroatoms. The molecule has 2 atom stereocenters. The number of morpholine rings is 1. The number of aliphatic hydroxyl groups excluding tert-OH is 1. The zero-order valence-electron chi connectivity index (χ0n) is 22.9. The fourth-order valence-corrected chi connectivity index (χ4v) is 5.55. The average molecular weight is 535 g/mol. The van der Waals surface area contributed by atoms with Crippen molar-refractivity contribution in [3.8, 4) is 11.5 Å². The summed E-state index contributed by atoms with van der Waals surface area (Å²) in [4.78, 5) is 30.7. The monoisotopic (exact) mass is 534 g/mol. The smallest absolute Gasteiger partial charge is 0.295 e. The first-order chi connectivity index (χ1) is 19.0. The number of fused-ring (bicyclic) bond motifs is 1. The Morgan fingerprint density at radius 3 is 2.56 bits per heavy atom. The molecule has 2 fully saturated rings. The second kappa shape index (κ2) is 12.2. The Labute approximate surface area is 230 Å². The van der Waals surface area contributed by atoms with E-state index in [9.17, 15) is 14.7 Å². The molecule has 0 unspecified atom stereocenters. The quantitative estimate of drug-likeness (QED) is 0.210. The van der Waals surface area contributed by atoms with Crippen LogP contribution >= 0.6 is 0 Å². The van der Waals surface area contributed by atoms with Crippen LogP contribution in [0.4, 0.5) is 0 Å². The van der Waals surface area contributed by atoms with E-state index in [1.54, 1.807) is 11.0 Å². The largest absolute Gasteiger partial charge is 0.507 e. The van der Waals surface area contributed by atoms with Crippen molar-refractivity contribution in [3.05, 3.63) is 64.7 Å². The van der Waals surface area contributed by atoms with Crippen LogP contribution in [0.25, 0.3) is 5.76 Å². The molecule has 3 heterocycles. The number of hydrogen-bond acceptors (Lipinski definition) is 7. The van der Waals surface area contributed by atoms with Crippen LogP contribution in [-0.2, 0) is 20.7 Å². The van der Waals surface area contributed by atoms with Crippen LogP contribution in [0.1, 0.15) is 55.8 Å². The van der Waals surface area contributed by atoms with E-state index in [4.69, 9.17) is 14.2 Å². The predicted molar refractivity (Wildman–Crippen MR) is 148 cm³/mol. The van der Waals surface area contributed by atoms with Gasteiger partial charge in [0.15, 0.2) is 0 Å². The summed E-state index contributed by atoms with van der Waals surface area (Å²) < 4.78 is 17.1. The molecule has 2 saturated heterocycles. The molecular formula is C31H38N2O6. The maximum absolute atomic E-state index is 13.4. The summed E-state index contributed by atoms with van der Waals surface area (Å²) in [5, 5.41) is 11.5. The van der Waals surface area contributed by atoms with Gasteiger partial charge < -0.3 is 24.2 Å². The van der Waals surface area contributed by atoms with E-state index in [2.05, 4.69) is 11.8 Å². The lowest BCUT2D eigenvalue weighted by Gasteiger charge is -2.29. The first-order valence-corrected chi connectivity index (χ1v) is 14.1. The molecule has 2 aromatic rings. The van der Waals surface area contributed by atoms with E-state index in [-0.39, 0.29) is 17.4 Å². The van der Waals surface area contributed by atoms with Gasteiger partial charge in [0.25, 0.3) is 11.7 Å². The zero-order chi connectivity index (χ0) is 27.4. The highest BCUT2D eigenvalue weighted by atomic mass is 16.5. The van der Waals surface area contributed by atoms with Gasteiger partial charge in [-0.15, -0.1) is 0 Å². The van der Waals surface area contributed by atoms with Crippen molar-refractivity contribution in [1.29, 1.82) is 0 Å². The van der Waals surface area contributed by atoms with Crippen molar-refractivity contribution >= 4 is 17.4 Å². The predicted octanol–water partition coefficient (Wildman–Crippen LogP) is 4.33. The maximum Gasteiger partial charge on any atom is 0.295 e. The van der Waals surface area contributed by atoms with E-state index in [1.165, 1.54) is 0 Å². The van der Waals surface area contributed by atoms with Gasteiger partial charge in [0.05, 0.1) is 31.4 Å². The number of ketones is 1. The Morgan fingerprint density at radius 1 is 1.05 bits per heavy atom. The molecule has 3 aliphatic heterocycles. The van der Waals surface area contributed by atoms with Crippen LogP contribution in [0.5, 0.6) is 11.5 Å². The molecule has 208 valence electrons. The number of unbranched alkanes of at least 4 members (excludes halogenated alkanes) is 1. The Balaban J connectivity index is 1.45. The van der Waals surface area contributed by atoms with Crippen LogP contribution < -0.4 is 9.47 Å². The standard InChI is InChI=1S/C31H38N2O6/c1-3-4-16-38-25-9-6-22(7-10-25)28-27(29(34)23-8-11-26-24(20-23)19-21(2)39-26)30(35)31(36)33(28)13-5-12-32-14-17-37-18-15-32/h6-11,20-21,28,34H,3-5,12-19H2,1-2H3/t21-,28+/m0/s1. The van der Waals surface area contributed by atoms with Gasteiger partial charge in [-0.25, -0.2) is 0 Å². The summed E-state index contributed by atoms with van der Waals surface area (Å²) in [6.45, 7) is 9.12. The minimum Gasteiger partial charge on any atom is -0.507 e. The number of amides is 1. The van der Waals surface area contributed by atoms with Crippen LogP contribution in [0.3, 0.4) is 0 Å². The number of carbonyl (C=O) groups is 2. The van der Waals surface area contributed by atoms with Crippen LogP contribution in [0, 0.1) is 0 Å². The lowest BCUT2D eigenvalue weighted by Crippen LogP contribution is -2.38. The first-order valence-electron chi connectivity index (χ1n) is 14.1. The highest BCUT2D eigenvalue weighted by Gasteiger charge is 2.46. The third-order valence-electron chi connectivity index (χ3n) is 7.65. The van der Waals surface area contributed by atoms with Gasteiger partial charge in [-0.3, -0.25) is 14.5 Å². The summed E-state index contributed by atoms with van der Waals surface area (Å²) in [6, 6.07) is 12.3. The number of aliphatic hydroxyl groups is 1. The molecule has 0 aromatic heterocycles. The van der Waals surface area contributed by atoms with Gasteiger partial charge in [0, 0.05) is 38.2 Å². The van der Waals surface area contributed by atoms with Crippen molar-refractivity contribution < 1.29 is 28.9 Å². The molecule has 0 saturated carbocycles. The minimum absolute atomic E-state index is 0.0625. The molecule has 0 spiro atoms. The van der Waals surface area contributed by atoms with Crippen molar-refractivity contribution in [2.45, 2.75) is 51.7 Å². The summed E-state index contributed by atoms with van der Waals surface area (Å²) >= 11 is 0. The van der Waals surface area contributed by atoms with Gasteiger partial charge in [-0.1, -0.05) is 25.5 Å². The molecule has 8 nitrogen and oxygen atoms in total. The van der Waals surface area contributed by atoms with Gasteiger partial charge in [-0.05, 0) is 61.2 Å². The fraction of sp³-hybridized carbons (Fsp3) is 0.484. The molecule has 0 aliphatic carbocycles. The number of likely N-dealkylation sites (tertiary alicyclic amines) is 1. The average Bonchev–Trinajstić information content (AvgIpc) is 3.45. The van der Waals surface area contributed by atoms with Crippen molar-refractivity contribution in [2.75, 3.05) is 46.0 Å². The summed E-state index contributed by atoms with van der Waals surface area (Å²) in [5.74, 6) is 0.142. The molecule has 2 aromatic carbocycles. The van der Waals surface area contributed by atoms with Crippen LogP contribution in [0.2, 0.25) is 0 Å². The molecular weight excluding hydrogens is 496 g/mol. The topological polar surface area (TPSA) is 88.5 Å². The normalized spacial score (nSPS) is 22.7. The summed E-state index contributed by atoms with van der Waals surface area (Å²) in [5.41, 5.74) is 2.39. The number of Topliss-reactive ketones (excluding diaryl/α,β-unsaturated/α-hetero) is 1.